The number of anilines is 1. The molecule has 1 N–H and O–H groups in total. The number of hydrogen-bond acceptors (Lipinski definition) is 5. The summed E-state index contributed by atoms with van der Waals surface area (Å²) in [6, 6.07) is 3.99. The maximum absolute atomic E-state index is 12.5. The summed E-state index contributed by atoms with van der Waals surface area (Å²) < 4.78 is 1.53. The van der Waals surface area contributed by atoms with Crippen molar-refractivity contribution in [3.8, 4) is 0 Å². The van der Waals surface area contributed by atoms with Crippen LogP contribution in [0.3, 0.4) is 0 Å². The van der Waals surface area contributed by atoms with Crippen molar-refractivity contribution in [2.24, 2.45) is 7.05 Å². The number of carbonyl (C=O) groups is 1. The first kappa shape index (κ1) is 16.7. The lowest BCUT2D eigenvalue weighted by atomic mass is 10.0. The van der Waals surface area contributed by atoms with E-state index in [0.717, 1.165) is 24.3 Å². The number of nitrogens with zero attached hydrogens (tertiary/aromatic N) is 3. The van der Waals surface area contributed by atoms with Gasteiger partial charge in [-0.2, -0.15) is 0 Å². The molecule has 0 spiro atoms. The normalized spacial score (nSPS) is 19.1. The van der Waals surface area contributed by atoms with Crippen LogP contribution in [0.4, 0.5) is 5.82 Å². The number of piperidine rings is 1. The molecular formula is C17H22N4O2S. The van der Waals surface area contributed by atoms with Gasteiger partial charge in [0, 0.05) is 43.4 Å². The third-order valence-electron chi connectivity index (χ3n) is 4.43. The Kier molecular flexibility index (Phi) is 4.99. The number of thiophene rings is 1. The highest BCUT2D eigenvalue weighted by molar-refractivity contribution is 7.10. The van der Waals surface area contributed by atoms with Crippen molar-refractivity contribution in [2.75, 3.05) is 18.0 Å². The number of carbonyl (C=O) groups excluding carboxylic acids is 1. The largest absolute Gasteiger partial charge is 0.351 e. The fourth-order valence-corrected chi connectivity index (χ4v) is 3.76. The van der Waals surface area contributed by atoms with Crippen LogP contribution in [0, 0.1) is 0 Å². The number of nitrogens with one attached hydrogen (secondary N) is 1. The van der Waals surface area contributed by atoms with Gasteiger partial charge in [-0.25, -0.2) is 4.98 Å². The van der Waals surface area contributed by atoms with Gasteiger partial charge in [0.05, 0.1) is 5.92 Å². The fraction of sp³-hybridized carbons (Fsp3) is 0.471. The molecule has 0 radical (unpaired) electrons. The predicted molar refractivity (Wildman–Crippen MR) is 95.6 cm³/mol. The van der Waals surface area contributed by atoms with Crippen LogP contribution in [0.1, 0.15) is 30.6 Å². The zero-order valence-corrected chi connectivity index (χ0v) is 14.8. The standard InChI is InChI=1S/C17H22N4O2S/c1-12(14-6-4-10-24-14)16(22)19-13-5-3-8-21(11-13)15-17(23)20(2)9-7-18-15/h4,6-7,9-10,12-13H,3,5,8,11H2,1-2H3,(H,19,22). The second-order valence-corrected chi connectivity index (χ2v) is 7.18. The molecule has 2 unspecified atom stereocenters. The zero-order chi connectivity index (χ0) is 17.1. The first-order valence-electron chi connectivity index (χ1n) is 8.16. The smallest absolute Gasteiger partial charge is 0.293 e. The highest BCUT2D eigenvalue weighted by atomic mass is 32.1. The van der Waals surface area contributed by atoms with Crippen LogP contribution in [-0.4, -0.2) is 34.6 Å². The predicted octanol–water partition coefficient (Wildman–Crippen LogP) is 1.73. The molecule has 1 fully saturated rings. The summed E-state index contributed by atoms with van der Waals surface area (Å²) in [7, 11) is 1.72. The van der Waals surface area contributed by atoms with Crippen molar-refractivity contribution >= 4 is 23.1 Å². The molecule has 0 saturated carbocycles. The van der Waals surface area contributed by atoms with Gasteiger partial charge in [0.2, 0.25) is 5.91 Å². The summed E-state index contributed by atoms with van der Waals surface area (Å²) in [5, 5.41) is 5.11. The second-order valence-electron chi connectivity index (χ2n) is 6.20. The summed E-state index contributed by atoms with van der Waals surface area (Å²) in [5.74, 6) is 0.353. The Balaban J connectivity index is 1.66. The molecule has 1 aliphatic heterocycles. The summed E-state index contributed by atoms with van der Waals surface area (Å²) in [6.07, 6.45) is 5.14. The number of hydrogen-bond donors (Lipinski definition) is 1. The molecule has 128 valence electrons. The average Bonchev–Trinajstić information content (AvgIpc) is 3.11. The van der Waals surface area contributed by atoms with E-state index < -0.39 is 0 Å². The quantitative estimate of drug-likeness (QED) is 0.915. The van der Waals surface area contributed by atoms with Gasteiger partial charge < -0.3 is 14.8 Å². The topological polar surface area (TPSA) is 67.2 Å². The van der Waals surface area contributed by atoms with E-state index in [1.165, 1.54) is 4.57 Å². The van der Waals surface area contributed by atoms with Crippen LogP contribution in [0.15, 0.2) is 34.7 Å². The minimum Gasteiger partial charge on any atom is -0.351 e. The van der Waals surface area contributed by atoms with Crippen molar-refractivity contribution in [1.29, 1.82) is 0 Å². The van der Waals surface area contributed by atoms with Gasteiger partial charge in [0.25, 0.3) is 5.56 Å². The number of rotatable bonds is 4. The number of aryl methyl sites for hydroxylation is 1. The van der Waals surface area contributed by atoms with Crippen LogP contribution in [-0.2, 0) is 11.8 Å². The monoisotopic (exact) mass is 346 g/mol. The average molecular weight is 346 g/mol. The van der Waals surface area contributed by atoms with E-state index in [9.17, 15) is 9.59 Å². The van der Waals surface area contributed by atoms with Crippen molar-refractivity contribution in [2.45, 2.75) is 31.7 Å². The minimum absolute atomic E-state index is 0.0400. The Hall–Kier alpha value is -2.15. The van der Waals surface area contributed by atoms with E-state index >= 15 is 0 Å². The van der Waals surface area contributed by atoms with Crippen LogP contribution in [0.5, 0.6) is 0 Å². The molecule has 2 aromatic heterocycles. The minimum atomic E-state index is -0.150. The molecule has 2 aromatic rings. The number of aromatic nitrogens is 2. The van der Waals surface area contributed by atoms with Crippen molar-refractivity contribution in [3.63, 3.8) is 0 Å². The number of amides is 1. The Morgan fingerprint density at radius 2 is 2.33 bits per heavy atom. The van der Waals surface area contributed by atoms with E-state index in [2.05, 4.69) is 10.3 Å². The molecule has 24 heavy (non-hydrogen) atoms. The van der Waals surface area contributed by atoms with E-state index in [1.807, 2.05) is 29.3 Å². The van der Waals surface area contributed by atoms with E-state index in [-0.39, 0.29) is 23.4 Å². The summed E-state index contributed by atoms with van der Waals surface area (Å²) in [5.41, 5.74) is -0.101. The van der Waals surface area contributed by atoms with E-state index in [1.54, 1.807) is 30.8 Å². The third-order valence-corrected chi connectivity index (χ3v) is 5.48. The Morgan fingerprint density at radius 3 is 3.08 bits per heavy atom. The highest BCUT2D eigenvalue weighted by Crippen LogP contribution is 2.22. The maximum Gasteiger partial charge on any atom is 0.293 e. The molecule has 3 rings (SSSR count). The molecular weight excluding hydrogens is 324 g/mol. The Labute approximate surface area is 145 Å². The Morgan fingerprint density at radius 1 is 1.50 bits per heavy atom. The van der Waals surface area contributed by atoms with Gasteiger partial charge in [-0.1, -0.05) is 6.07 Å². The van der Waals surface area contributed by atoms with Crippen LogP contribution in [0.25, 0.3) is 0 Å². The van der Waals surface area contributed by atoms with Crippen molar-refractivity contribution in [3.05, 3.63) is 45.1 Å². The zero-order valence-electron chi connectivity index (χ0n) is 13.9. The van der Waals surface area contributed by atoms with Gasteiger partial charge in [-0.05, 0) is 31.2 Å². The molecule has 6 nitrogen and oxygen atoms in total. The summed E-state index contributed by atoms with van der Waals surface area (Å²) in [4.78, 5) is 32.0. The molecule has 0 aromatic carbocycles. The Bertz CT molecular complexity index is 756. The maximum atomic E-state index is 12.5. The third kappa shape index (κ3) is 3.51. The molecule has 0 bridgehead atoms. The lowest BCUT2D eigenvalue weighted by molar-refractivity contribution is -0.122. The highest BCUT2D eigenvalue weighted by Gasteiger charge is 2.26. The fourth-order valence-electron chi connectivity index (χ4n) is 2.98. The first-order chi connectivity index (χ1) is 11.6. The molecule has 1 aliphatic rings. The molecule has 1 amide bonds. The van der Waals surface area contributed by atoms with Crippen LogP contribution < -0.4 is 15.8 Å². The van der Waals surface area contributed by atoms with E-state index in [0.29, 0.717) is 12.4 Å². The van der Waals surface area contributed by atoms with E-state index in [4.69, 9.17) is 0 Å². The molecule has 3 heterocycles. The lowest BCUT2D eigenvalue weighted by Gasteiger charge is -2.34. The van der Waals surface area contributed by atoms with Crippen molar-refractivity contribution < 1.29 is 4.79 Å². The van der Waals surface area contributed by atoms with Crippen molar-refractivity contribution in [1.82, 2.24) is 14.9 Å². The van der Waals surface area contributed by atoms with Crippen LogP contribution in [0.2, 0.25) is 0 Å². The summed E-state index contributed by atoms with van der Waals surface area (Å²) in [6.45, 7) is 3.34. The van der Waals surface area contributed by atoms with Crippen LogP contribution >= 0.6 is 11.3 Å². The summed E-state index contributed by atoms with van der Waals surface area (Å²) >= 11 is 1.60. The molecule has 1 saturated heterocycles. The molecule has 2 atom stereocenters. The first-order valence-corrected chi connectivity index (χ1v) is 9.04. The van der Waals surface area contributed by atoms with Gasteiger partial charge in [0.15, 0.2) is 5.82 Å². The SMILES string of the molecule is CC(C(=O)NC1CCCN(c2nccn(C)c2=O)C1)c1cccs1. The van der Waals surface area contributed by atoms with Gasteiger partial charge in [-0.3, -0.25) is 9.59 Å². The lowest BCUT2D eigenvalue weighted by Crippen LogP contribution is -2.50. The van der Waals surface area contributed by atoms with Gasteiger partial charge in [-0.15, -0.1) is 11.3 Å². The molecule has 0 aliphatic carbocycles. The second kappa shape index (κ2) is 7.17. The van der Waals surface area contributed by atoms with Gasteiger partial charge in [0.1, 0.15) is 0 Å². The molecule has 7 heteroatoms. The van der Waals surface area contributed by atoms with Gasteiger partial charge >= 0.3 is 0 Å².